The first-order valence-electron chi connectivity index (χ1n) is 7.82. The van der Waals surface area contributed by atoms with Crippen molar-refractivity contribution in [2.24, 2.45) is 0 Å². The molecule has 3 heteroatoms. The van der Waals surface area contributed by atoms with E-state index in [1.54, 1.807) is 0 Å². The Balaban J connectivity index is 1.75. The number of rotatable bonds is 6. The van der Waals surface area contributed by atoms with Gasteiger partial charge >= 0.3 is 0 Å². The van der Waals surface area contributed by atoms with Gasteiger partial charge in [-0.15, -0.1) is 0 Å². The summed E-state index contributed by atoms with van der Waals surface area (Å²) in [6.07, 6.45) is 10.0. The van der Waals surface area contributed by atoms with Crippen LogP contribution in [0.5, 0.6) is 0 Å². The van der Waals surface area contributed by atoms with Gasteiger partial charge < -0.3 is 10.2 Å². The van der Waals surface area contributed by atoms with Crippen LogP contribution in [0.2, 0.25) is 0 Å². The number of nitrogens with one attached hydrogen (secondary N) is 1. The van der Waals surface area contributed by atoms with Gasteiger partial charge in [0.05, 0.1) is 0 Å². The Labute approximate surface area is 116 Å². The average molecular weight is 259 g/mol. The van der Waals surface area contributed by atoms with Crippen molar-refractivity contribution >= 4 is 5.82 Å². The molecule has 2 saturated carbocycles. The quantitative estimate of drug-likeness (QED) is 0.851. The molecule has 0 atom stereocenters. The van der Waals surface area contributed by atoms with Crippen molar-refractivity contribution in [1.82, 2.24) is 10.3 Å². The molecule has 0 bridgehead atoms. The van der Waals surface area contributed by atoms with E-state index < -0.39 is 0 Å². The van der Waals surface area contributed by atoms with Crippen molar-refractivity contribution in [1.29, 1.82) is 0 Å². The molecule has 0 spiro atoms. The molecule has 2 fully saturated rings. The number of aromatic nitrogens is 1. The van der Waals surface area contributed by atoms with E-state index in [1.807, 2.05) is 6.20 Å². The average Bonchev–Trinajstić information content (AvgIpc) is 3.13. The van der Waals surface area contributed by atoms with Crippen LogP contribution in [-0.4, -0.2) is 23.6 Å². The minimum Gasteiger partial charge on any atom is -0.354 e. The van der Waals surface area contributed by atoms with Crippen LogP contribution in [0.4, 0.5) is 5.82 Å². The lowest BCUT2D eigenvalue weighted by Gasteiger charge is -2.30. The smallest absolute Gasteiger partial charge is 0.133 e. The van der Waals surface area contributed by atoms with Crippen LogP contribution < -0.4 is 10.2 Å². The van der Waals surface area contributed by atoms with Gasteiger partial charge in [0.15, 0.2) is 0 Å². The Morgan fingerprint density at radius 2 is 2.05 bits per heavy atom. The molecule has 1 aromatic heterocycles. The van der Waals surface area contributed by atoms with Crippen LogP contribution in [0, 0.1) is 0 Å². The number of hydrogen-bond donors (Lipinski definition) is 1. The van der Waals surface area contributed by atoms with Gasteiger partial charge in [-0.1, -0.05) is 18.9 Å². The Kier molecular flexibility index (Phi) is 4.02. The molecule has 0 unspecified atom stereocenters. The van der Waals surface area contributed by atoms with E-state index in [-0.39, 0.29) is 0 Å². The zero-order valence-electron chi connectivity index (χ0n) is 11.9. The van der Waals surface area contributed by atoms with Gasteiger partial charge in [-0.3, -0.25) is 0 Å². The fourth-order valence-electron chi connectivity index (χ4n) is 3.17. The highest BCUT2D eigenvalue weighted by Gasteiger charge is 2.25. The number of pyridine rings is 1. The standard InChI is InChI=1S/C16H25N3/c1-2-19(15-7-3-4-8-15)16-13(6-5-11-17-16)12-18-14-9-10-14/h5-6,11,14-15,18H,2-4,7-10,12H2,1H3. The third-order valence-electron chi connectivity index (χ3n) is 4.40. The van der Waals surface area contributed by atoms with E-state index in [0.29, 0.717) is 6.04 Å². The maximum Gasteiger partial charge on any atom is 0.133 e. The summed E-state index contributed by atoms with van der Waals surface area (Å²) >= 11 is 0. The second-order valence-corrected chi connectivity index (χ2v) is 5.87. The lowest BCUT2D eigenvalue weighted by atomic mass is 10.1. The summed E-state index contributed by atoms with van der Waals surface area (Å²) in [5, 5.41) is 3.62. The molecule has 0 aromatic carbocycles. The van der Waals surface area contributed by atoms with Crippen molar-refractivity contribution in [3.8, 4) is 0 Å². The number of anilines is 1. The maximum absolute atomic E-state index is 4.68. The molecule has 1 N–H and O–H groups in total. The van der Waals surface area contributed by atoms with E-state index in [9.17, 15) is 0 Å². The van der Waals surface area contributed by atoms with Gasteiger partial charge in [-0.2, -0.15) is 0 Å². The largest absolute Gasteiger partial charge is 0.354 e. The monoisotopic (exact) mass is 259 g/mol. The second kappa shape index (κ2) is 5.91. The summed E-state index contributed by atoms with van der Waals surface area (Å²) in [7, 11) is 0. The number of hydrogen-bond acceptors (Lipinski definition) is 3. The molecule has 1 heterocycles. The summed E-state index contributed by atoms with van der Waals surface area (Å²) in [6.45, 7) is 4.29. The topological polar surface area (TPSA) is 28.2 Å². The van der Waals surface area contributed by atoms with Crippen LogP contribution in [0.1, 0.15) is 51.0 Å². The van der Waals surface area contributed by atoms with Crippen molar-refractivity contribution in [2.45, 2.75) is 64.1 Å². The lowest BCUT2D eigenvalue weighted by molar-refractivity contribution is 0.604. The fraction of sp³-hybridized carbons (Fsp3) is 0.688. The normalized spacial score (nSPS) is 19.8. The second-order valence-electron chi connectivity index (χ2n) is 5.87. The van der Waals surface area contributed by atoms with E-state index in [2.05, 4.69) is 34.3 Å². The van der Waals surface area contributed by atoms with Crippen LogP contribution in [0.15, 0.2) is 18.3 Å². The minimum atomic E-state index is 0.708. The first kappa shape index (κ1) is 12.9. The molecule has 0 amide bonds. The van der Waals surface area contributed by atoms with Crippen LogP contribution in [-0.2, 0) is 6.54 Å². The summed E-state index contributed by atoms with van der Waals surface area (Å²) in [6, 6.07) is 5.76. The molecular formula is C16H25N3. The molecule has 0 saturated heterocycles. The zero-order chi connectivity index (χ0) is 13.1. The Hall–Kier alpha value is -1.09. The molecular weight excluding hydrogens is 234 g/mol. The maximum atomic E-state index is 4.68. The van der Waals surface area contributed by atoms with Crippen molar-refractivity contribution in [3.63, 3.8) is 0 Å². The van der Waals surface area contributed by atoms with Gasteiger partial charge in [0, 0.05) is 36.9 Å². The van der Waals surface area contributed by atoms with Crippen molar-refractivity contribution in [2.75, 3.05) is 11.4 Å². The van der Waals surface area contributed by atoms with Gasteiger partial charge in [-0.25, -0.2) is 4.98 Å². The molecule has 104 valence electrons. The van der Waals surface area contributed by atoms with Crippen molar-refractivity contribution < 1.29 is 0 Å². The van der Waals surface area contributed by atoms with E-state index in [1.165, 1.54) is 49.9 Å². The third kappa shape index (κ3) is 3.08. The molecule has 3 nitrogen and oxygen atoms in total. The number of nitrogens with zero attached hydrogens (tertiary/aromatic N) is 2. The molecule has 2 aliphatic rings. The highest BCUT2D eigenvalue weighted by atomic mass is 15.2. The lowest BCUT2D eigenvalue weighted by Crippen LogP contribution is -2.35. The Morgan fingerprint density at radius 3 is 2.74 bits per heavy atom. The third-order valence-corrected chi connectivity index (χ3v) is 4.40. The van der Waals surface area contributed by atoms with Gasteiger partial charge in [0.2, 0.25) is 0 Å². The Morgan fingerprint density at radius 1 is 1.26 bits per heavy atom. The highest BCUT2D eigenvalue weighted by Crippen LogP contribution is 2.29. The SMILES string of the molecule is CCN(c1ncccc1CNC1CC1)C1CCCC1. The zero-order valence-corrected chi connectivity index (χ0v) is 11.9. The van der Waals surface area contributed by atoms with E-state index in [0.717, 1.165) is 19.1 Å². The predicted molar refractivity (Wildman–Crippen MR) is 79.4 cm³/mol. The van der Waals surface area contributed by atoms with Crippen molar-refractivity contribution in [3.05, 3.63) is 23.9 Å². The fourth-order valence-corrected chi connectivity index (χ4v) is 3.17. The molecule has 3 rings (SSSR count). The highest BCUT2D eigenvalue weighted by molar-refractivity contribution is 5.47. The molecule has 1 aromatic rings. The summed E-state index contributed by atoms with van der Waals surface area (Å²) in [4.78, 5) is 7.20. The molecule has 0 radical (unpaired) electrons. The van der Waals surface area contributed by atoms with Crippen LogP contribution in [0.3, 0.4) is 0 Å². The molecule has 2 aliphatic carbocycles. The van der Waals surface area contributed by atoms with E-state index >= 15 is 0 Å². The van der Waals surface area contributed by atoms with Gasteiger partial charge in [0.1, 0.15) is 5.82 Å². The molecule has 0 aliphatic heterocycles. The summed E-state index contributed by atoms with van der Waals surface area (Å²) < 4.78 is 0. The minimum absolute atomic E-state index is 0.708. The first-order chi connectivity index (χ1) is 9.38. The molecule has 19 heavy (non-hydrogen) atoms. The first-order valence-corrected chi connectivity index (χ1v) is 7.82. The van der Waals surface area contributed by atoms with Gasteiger partial charge in [0.25, 0.3) is 0 Å². The van der Waals surface area contributed by atoms with Crippen LogP contribution >= 0.6 is 0 Å². The van der Waals surface area contributed by atoms with Crippen LogP contribution in [0.25, 0.3) is 0 Å². The summed E-state index contributed by atoms with van der Waals surface area (Å²) in [5.74, 6) is 1.21. The van der Waals surface area contributed by atoms with Gasteiger partial charge in [-0.05, 0) is 38.7 Å². The Bertz CT molecular complexity index is 408. The van der Waals surface area contributed by atoms with E-state index in [4.69, 9.17) is 0 Å². The predicted octanol–water partition coefficient (Wildman–Crippen LogP) is 3.10. The summed E-state index contributed by atoms with van der Waals surface area (Å²) in [5.41, 5.74) is 1.36.